The van der Waals surface area contributed by atoms with Gasteiger partial charge in [-0.1, -0.05) is 33.8 Å². The average molecular weight is 588 g/mol. The Bertz CT molecular complexity index is 1180. The van der Waals surface area contributed by atoms with Crippen molar-refractivity contribution < 1.29 is 18.7 Å². The number of hydrogen-bond acceptors (Lipinski definition) is 6. The second-order valence-corrected chi connectivity index (χ2v) is 12.0. The molecule has 3 aliphatic rings. The number of fused-ring (bicyclic) bond motifs is 1. The zero-order chi connectivity index (χ0) is 28.1. The minimum atomic E-state index is -0.411. The van der Waals surface area contributed by atoms with Crippen molar-refractivity contribution in [3.63, 3.8) is 0 Å². The van der Waals surface area contributed by atoms with Gasteiger partial charge in [0.2, 0.25) is 5.91 Å². The highest BCUT2D eigenvalue weighted by Crippen LogP contribution is 2.39. The number of aromatic nitrogens is 3. The number of carbonyl (C=O) groups is 2. The summed E-state index contributed by atoms with van der Waals surface area (Å²) in [6, 6.07) is 4.85. The number of piperidine rings is 1. The number of ether oxygens (including phenoxy) is 1. The number of nitrogens with one attached hydrogen (secondary N) is 1. The molecular formula is C31H50FN7O3. The van der Waals surface area contributed by atoms with E-state index in [-0.39, 0.29) is 31.9 Å². The van der Waals surface area contributed by atoms with Crippen molar-refractivity contribution >= 4 is 11.9 Å². The van der Waals surface area contributed by atoms with Gasteiger partial charge >= 0.3 is 6.03 Å². The maximum absolute atomic E-state index is 14.8. The Balaban J connectivity index is 0.00000242. The van der Waals surface area contributed by atoms with Gasteiger partial charge in [-0.25, -0.2) is 9.18 Å². The van der Waals surface area contributed by atoms with Crippen LogP contribution in [0.2, 0.25) is 0 Å². The third-order valence-corrected chi connectivity index (χ3v) is 8.28. The van der Waals surface area contributed by atoms with Gasteiger partial charge in [-0.2, -0.15) is 0 Å². The molecule has 0 atom stereocenters. The van der Waals surface area contributed by atoms with Crippen molar-refractivity contribution in [1.29, 1.82) is 0 Å². The highest BCUT2D eigenvalue weighted by molar-refractivity contribution is 5.79. The highest BCUT2D eigenvalue weighted by Gasteiger charge is 2.33. The predicted molar refractivity (Wildman–Crippen MR) is 161 cm³/mol. The fourth-order valence-electron chi connectivity index (χ4n) is 5.63. The lowest BCUT2D eigenvalue weighted by Gasteiger charge is -2.32. The maximum Gasteiger partial charge on any atom is 0.317 e. The molecule has 42 heavy (non-hydrogen) atoms. The van der Waals surface area contributed by atoms with E-state index in [4.69, 9.17) is 4.74 Å². The van der Waals surface area contributed by atoms with Crippen molar-refractivity contribution in [3.8, 4) is 5.75 Å². The van der Waals surface area contributed by atoms with Gasteiger partial charge in [0.15, 0.2) is 5.82 Å². The lowest BCUT2D eigenvalue weighted by molar-refractivity contribution is -0.132. The summed E-state index contributed by atoms with van der Waals surface area (Å²) in [6.07, 6.45) is 7.51. The second-order valence-electron chi connectivity index (χ2n) is 12.0. The summed E-state index contributed by atoms with van der Waals surface area (Å²) >= 11 is 0. The zero-order valence-electron chi connectivity index (χ0n) is 24.6. The Kier molecular flexibility index (Phi) is 12.1. The third kappa shape index (κ3) is 8.65. The third-order valence-electron chi connectivity index (χ3n) is 8.28. The van der Waals surface area contributed by atoms with Crippen LogP contribution in [0.25, 0.3) is 0 Å². The molecule has 4 N–H and O–H groups in total. The van der Waals surface area contributed by atoms with Crippen LogP contribution in [0.4, 0.5) is 9.18 Å². The maximum atomic E-state index is 14.8. The SMILES string of the molecule is C.CC(C)CNC(=O)N1CCC(CCCCOc2ccc(CC(=O)N3CCn4c(nnc4C4CC4)C3)c(F)c2)CC1.N. The predicted octanol–water partition coefficient (Wildman–Crippen LogP) is 5.30. The van der Waals surface area contributed by atoms with Crippen molar-refractivity contribution in [1.82, 2.24) is 36.0 Å². The van der Waals surface area contributed by atoms with Gasteiger partial charge in [0.1, 0.15) is 17.4 Å². The summed E-state index contributed by atoms with van der Waals surface area (Å²) in [4.78, 5) is 28.8. The van der Waals surface area contributed by atoms with Crippen molar-refractivity contribution in [2.75, 3.05) is 32.8 Å². The Morgan fingerprint density at radius 2 is 1.81 bits per heavy atom. The summed E-state index contributed by atoms with van der Waals surface area (Å²) in [5.41, 5.74) is 0.382. The molecule has 1 saturated heterocycles. The quantitative estimate of drug-likeness (QED) is 0.343. The number of nitrogens with zero attached hydrogens (tertiary/aromatic N) is 5. The van der Waals surface area contributed by atoms with Crippen molar-refractivity contribution in [2.24, 2.45) is 11.8 Å². The monoisotopic (exact) mass is 587 g/mol. The number of halogens is 1. The van der Waals surface area contributed by atoms with Crippen LogP contribution in [0.1, 0.15) is 89.4 Å². The first kappa shape index (κ1) is 33.3. The lowest BCUT2D eigenvalue weighted by Crippen LogP contribution is -2.45. The molecule has 2 aliphatic heterocycles. The topological polar surface area (TPSA) is 128 Å². The van der Waals surface area contributed by atoms with E-state index >= 15 is 0 Å². The molecule has 5 rings (SSSR count). The van der Waals surface area contributed by atoms with Gasteiger partial charge in [0.25, 0.3) is 0 Å². The standard InChI is InChI=1S/C30H43FN6O3.CH4.H3N/c1-21(2)19-32-30(39)35-12-10-22(11-13-35)5-3-4-16-40-25-9-8-24(26(31)18-25)17-28(38)36-14-15-37-27(20-36)33-34-29(37)23-6-7-23;;/h8-9,18,21-23H,3-7,10-17,19-20H2,1-2H3,(H,32,39);1H4;1H3. The normalized spacial score (nSPS) is 16.9. The van der Waals surface area contributed by atoms with E-state index in [1.807, 2.05) is 4.90 Å². The largest absolute Gasteiger partial charge is 0.493 e. The van der Waals surface area contributed by atoms with Crippen LogP contribution in [-0.4, -0.2) is 69.3 Å². The molecule has 3 amide bonds. The van der Waals surface area contributed by atoms with Gasteiger partial charge in [0, 0.05) is 44.7 Å². The van der Waals surface area contributed by atoms with Crippen LogP contribution >= 0.6 is 0 Å². The van der Waals surface area contributed by atoms with Crippen LogP contribution in [0.3, 0.4) is 0 Å². The van der Waals surface area contributed by atoms with Crippen LogP contribution in [0.15, 0.2) is 18.2 Å². The van der Waals surface area contributed by atoms with E-state index < -0.39 is 5.82 Å². The summed E-state index contributed by atoms with van der Waals surface area (Å²) in [5.74, 6) is 3.47. The Labute approximate surface area is 250 Å². The number of amides is 3. The van der Waals surface area contributed by atoms with Crippen LogP contribution in [-0.2, 0) is 24.3 Å². The summed E-state index contributed by atoms with van der Waals surface area (Å²) < 4.78 is 22.7. The molecule has 234 valence electrons. The molecule has 2 fully saturated rings. The van der Waals surface area contributed by atoms with Crippen molar-refractivity contribution in [3.05, 3.63) is 41.2 Å². The zero-order valence-corrected chi connectivity index (χ0v) is 24.6. The molecule has 1 aliphatic carbocycles. The molecule has 1 aromatic heterocycles. The van der Waals surface area contributed by atoms with Gasteiger partial charge in [-0.3, -0.25) is 4.79 Å². The van der Waals surface area contributed by atoms with E-state index in [2.05, 4.69) is 33.9 Å². The molecule has 3 heterocycles. The van der Waals surface area contributed by atoms with Gasteiger partial charge in [-0.05, 0) is 62.0 Å². The highest BCUT2D eigenvalue weighted by atomic mass is 19.1. The molecule has 10 nitrogen and oxygen atoms in total. The molecule has 0 unspecified atom stereocenters. The van der Waals surface area contributed by atoms with E-state index in [0.717, 1.165) is 56.8 Å². The number of benzene rings is 1. The number of urea groups is 1. The lowest BCUT2D eigenvalue weighted by atomic mass is 9.92. The van der Waals surface area contributed by atoms with E-state index in [9.17, 15) is 14.0 Å². The second kappa shape index (κ2) is 15.3. The average Bonchev–Trinajstić information content (AvgIpc) is 3.71. The number of carbonyl (C=O) groups excluding carboxylic acids is 2. The van der Waals surface area contributed by atoms with E-state index in [1.54, 1.807) is 17.0 Å². The van der Waals surface area contributed by atoms with Crippen LogP contribution in [0.5, 0.6) is 5.75 Å². The molecule has 11 heteroatoms. The fraction of sp³-hybridized carbons (Fsp3) is 0.677. The minimum absolute atomic E-state index is 0. The number of unbranched alkanes of at least 4 members (excludes halogenated alkanes) is 1. The smallest absolute Gasteiger partial charge is 0.317 e. The molecule has 0 spiro atoms. The first-order chi connectivity index (χ1) is 19.4. The molecule has 2 aromatic rings. The number of rotatable bonds is 11. The van der Waals surface area contributed by atoms with Gasteiger partial charge < -0.3 is 30.6 Å². The molecular weight excluding hydrogens is 537 g/mol. The number of hydrogen-bond donors (Lipinski definition) is 2. The van der Waals surface area contributed by atoms with Crippen molar-refractivity contribution in [2.45, 2.75) is 91.6 Å². The first-order valence-corrected chi connectivity index (χ1v) is 15.0. The van der Waals surface area contributed by atoms with Crippen LogP contribution in [0, 0.1) is 17.7 Å². The summed E-state index contributed by atoms with van der Waals surface area (Å²) in [6.45, 7) is 8.80. The molecule has 1 aromatic carbocycles. The Morgan fingerprint density at radius 3 is 2.50 bits per heavy atom. The molecule has 1 saturated carbocycles. The Hall–Kier alpha value is -3.21. The number of likely N-dealkylation sites (tertiary alicyclic amines) is 1. The fourth-order valence-corrected chi connectivity index (χ4v) is 5.63. The first-order valence-electron chi connectivity index (χ1n) is 15.0. The van der Waals surface area contributed by atoms with Gasteiger partial charge in [-0.15, -0.1) is 10.2 Å². The Morgan fingerprint density at radius 1 is 1.05 bits per heavy atom. The van der Waals surface area contributed by atoms with E-state index in [0.29, 0.717) is 61.9 Å². The van der Waals surface area contributed by atoms with Gasteiger partial charge in [0.05, 0.1) is 19.6 Å². The molecule has 0 bridgehead atoms. The molecule has 0 radical (unpaired) electrons. The summed E-state index contributed by atoms with van der Waals surface area (Å²) in [7, 11) is 0. The summed E-state index contributed by atoms with van der Waals surface area (Å²) in [5, 5.41) is 11.6. The van der Waals surface area contributed by atoms with E-state index in [1.165, 1.54) is 18.9 Å². The van der Waals surface area contributed by atoms with Crippen LogP contribution < -0.4 is 16.2 Å². The minimum Gasteiger partial charge on any atom is -0.493 e.